The van der Waals surface area contributed by atoms with Crippen molar-refractivity contribution < 1.29 is 33.7 Å². The Morgan fingerprint density at radius 1 is 0.686 bits per heavy atom. The molecule has 7 nitrogen and oxygen atoms in total. The van der Waals surface area contributed by atoms with Crippen molar-refractivity contribution in [1.82, 2.24) is 0 Å². The molecule has 2 fully saturated rings. The van der Waals surface area contributed by atoms with Crippen molar-refractivity contribution in [3.8, 4) is 0 Å². The summed E-state index contributed by atoms with van der Waals surface area (Å²) >= 11 is 0. The third kappa shape index (κ3) is 2.89. The number of nitrogens with zero attached hydrogens (tertiary/aromatic N) is 2. The average molecular weight is 471 g/mol. The van der Waals surface area contributed by atoms with Gasteiger partial charge in [-0.2, -0.15) is 0 Å². The van der Waals surface area contributed by atoms with Gasteiger partial charge >= 0.3 is 11.8 Å². The molecule has 0 radical (unpaired) electrons. The van der Waals surface area contributed by atoms with E-state index in [1.54, 1.807) is 48.8 Å². The van der Waals surface area contributed by atoms with Gasteiger partial charge in [0.1, 0.15) is 13.2 Å². The van der Waals surface area contributed by atoms with Crippen molar-refractivity contribution in [3.63, 3.8) is 0 Å². The number of hydrogen-bond donors (Lipinski definition) is 2. The summed E-state index contributed by atoms with van der Waals surface area (Å²) in [6, 6.07) is 10.4. The molecule has 2 aromatic rings. The van der Waals surface area contributed by atoms with E-state index in [0.29, 0.717) is 37.1 Å². The minimum absolute atomic E-state index is 0.305. The largest absolute Gasteiger partial charge is 0.433 e. The van der Waals surface area contributed by atoms with E-state index < -0.39 is 11.2 Å². The fraction of sp³-hybridized carbons (Fsp3) is 0.286. The van der Waals surface area contributed by atoms with E-state index in [2.05, 4.69) is 0 Å². The van der Waals surface area contributed by atoms with E-state index in [0.717, 1.165) is 22.3 Å². The molecule has 4 aliphatic carbocycles. The van der Waals surface area contributed by atoms with Crippen LogP contribution in [0.1, 0.15) is 46.7 Å². The van der Waals surface area contributed by atoms with Gasteiger partial charge in [-0.1, -0.05) is 24.3 Å². The second-order valence-electron chi connectivity index (χ2n) is 9.28. The van der Waals surface area contributed by atoms with Gasteiger partial charge in [-0.3, -0.25) is 0 Å². The summed E-state index contributed by atoms with van der Waals surface area (Å²) in [6.45, 7) is -0.609. The molecule has 0 aromatic carbocycles. The SMILES string of the molecule is O=C([n+]1ccccc1CO)C1(OC2(C(=O)[n+]3ccccc3CO)C3=CC=C2CC3)C2=CC=C1CC2. The second kappa shape index (κ2) is 8.02. The number of aromatic nitrogens is 2. The van der Waals surface area contributed by atoms with Gasteiger partial charge < -0.3 is 14.9 Å². The molecule has 2 N–H and O–H groups in total. The molecule has 4 aliphatic rings. The molecule has 176 valence electrons. The predicted molar refractivity (Wildman–Crippen MR) is 124 cm³/mol. The van der Waals surface area contributed by atoms with Gasteiger partial charge in [0.2, 0.25) is 22.6 Å². The van der Waals surface area contributed by atoms with Crippen LogP contribution >= 0.6 is 0 Å². The zero-order valence-electron chi connectivity index (χ0n) is 19.2. The highest BCUT2D eigenvalue weighted by atomic mass is 16.5. The molecule has 0 aliphatic heterocycles. The van der Waals surface area contributed by atoms with Crippen molar-refractivity contribution in [3.05, 3.63) is 107 Å². The van der Waals surface area contributed by atoms with Crippen LogP contribution in [0.2, 0.25) is 0 Å². The molecule has 35 heavy (non-hydrogen) atoms. The van der Waals surface area contributed by atoms with Crippen LogP contribution in [0.4, 0.5) is 0 Å². The number of rotatable bonds is 6. The number of pyridine rings is 2. The molecule has 0 spiro atoms. The fourth-order valence-electron chi connectivity index (χ4n) is 5.94. The summed E-state index contributed by atoms with van der Waals surface area (Å²) in [4.78, 5) is 28.6. The molecule has 7 heteroatoms. The van der Waals surface area contributed by atoms with Gasteiger partial charge in [-0.05, 0) is 60.1 Å². The van der Waals surface area contributed by atoms with Gasteiger partial charge in [0.25, 0.3) is 0 Å². The summed E-state index contributed by atoms with van der Waals surface area (Å²) in [5.74, 6) is -0.676. The monoisotopic (exact) mass is 470 g/mol. The van der Waals surface area contributed by atoms with Crippen LogP contribution in [0.3, 0.4) is 0 Å². The quantitative estimate of drug-likeness (QED) is 0.631. The lowest BCUT2D eigenvalue weighted by atomic mass is 9.89. The highest BCUT2D eigenvalue weighted by molar-refractivity contribution is 5.94. The first-order valence-electron chi connectivity index (χ1n) is 11.9. The van der Waals surface area contributed by atoms with Gasteiger partial charge in [0.15, 0.2) is 12.4 Å². The van der Waals surface area contributed by atoms with Crippen LogP contribution in [0.15, 0.2) is 95.4 Å². The van der Waals surface area contributed by atoms with Crippen molar-refractivity contribution >= 4 is 11.8 Å². The second-order valence-corrected chi connectivity index (χ2v) is 9.28. The Morgan fingerprint density at radius 3 is 1.37 bits per heavy atom. The topological polar surface area (TPSA) is 91.6 Å². The lowest BCUT2D eigenvalue weighted by molar-refractivity contribution is -0.595. The maximum Gasteiger partial charge on any atom is 0.433 e. The molecular formula is C28H26N2O5+2. The van der Waals surface area contributed by atoms with Crippen LogP contribution < -0.4 is 9.13 Å². The summed E-state index contributed by atoms with van der Waals surface area (Å²) in [5, 5.41) is 19.8. The standard InChI is InChI=1S/C28H26N2O5/c31-17-23-5-1-3-15-29(23)25(33)27(19-7-8-20(27)10-9-19)35-28(21-11-12-22(28)14-13-21)26(34)30-16-4-2-6-24(30)18-32/h1-8,11-12,15-16,31-32H,9-10,13-14,17-18H2/q+2. The molecule has 0 unspecified atom stereocenters. The van der Waals surface area contributed by atoms with Gasteiger partial charge in [-0.25, -0.2) is 9.59 Å². The summed E-state index contributed by atoms with van der Waals surface area (Å²) in [6.07, 6.45) is 13.6. The maximum atomic E-state index is 14.3. The predicted octanol–water partition coefficient (Wildman–Crippen LogP) is 2.04. The number of ether oxygens (including phenoxy) is 1. The Morgan fingerprint density at radius 2 is 1.06 bits per heavy atom. The number of aliphatic hydroxyl groups excluding tert-OH is 2. The van der Waals surface area contributed by atoms with E-state index in [1.807, 2.05) is 24.3 Å². The van der Waals surface area contributed by atoms with Crippen molar-refractivity contribution in [2.24, 2.45) is 0 Å². The van der Waals surface area contributed by atoms with E-state index in [-0.39, 0.29) is 25.0 Å². The minimum atomic E-state index is -1.44. The van der Waals surface area contributed by atoms with E-state index in [9.17, 15) is 19.8 Å². The molecular weight excluding hydrogens is 444 g/mol. The number of carbonyl (C=O) groups is 2. The highest BCUT2D eigenvalue weighted by Crippen LogP contribution is 2.55. The van der Waals surface area contributed by atoms with Crippen LogP contribution in [-0.2, 0) is 18.0 Å². The third-order valence-corrected chi connectivity index (χ3v) is 7.67. The summed E-state index contributed by atoms with van der Waals surface area (Å²) < 4.78 is 9.85. The lowest BCUT2D eigenvalue weighted by Crippen LogP contribution is -2.66. The minimum Gasteiger partial charge on any atom is -0.385 e. The van der Waals surface area contributed by atoms with Gasteiger partial charge in [0.05, 0.1) is 0 Å². The van der Waals surface area contributed by atoms with Crippen LogP contribution in [-0.4, -0.2) is 33.2 Å². The Labute approximate surface area is 202 Å². The molecule has 2 saturated carbocycles. The van der Waals surface area contributed by atoms with Crippen molar-refractivity contribution in [2.75, 3.05) is 0 Å². The first-order chi connectivity index (χ1) is 17.1. The number of allylic oxidation sites excluding steroid dienone is 4. The number of aliphatic hydroxyl groups is 2. The van der Waals surface area contributed by atoms with Crippen LogP contribution in [0.5, 0.6) is 0 Å². The fourth-order valence-corrected chi connectivity index (χ4v) is 5.94. The third-order valence-electron chi connectivity index (χ3n) is 7.67. The summed E-state index contributed by atoms with van der Waals surface area (Å²) in [7, 11) is 0. The normalized spacial score (nSPS) is 20.4. The molecule has 4 bridgehead atoms. The number of fused-ring (bicyclic) bond motifs is 4. The first kappa shape index (κ1) is 22.0. The molecule has 0 amide bonds. The Hall–Kier alpha value is -3.52. The van der Waals surface area contributed by atoms with Crippen molar-refractivity contribution in [1.29, 1.82) is 0 Å². The molecule has 2 heterocycles. The lowest BCUT2D eigenvalue weighted by Gasteiger charge is -2.35. The average Bonchev–Trinajstić information content (AvgIpc) is 3.66. The van der Waals surface area contributed by atoms with E-state index in [1.165, 1.54) is 9.13 Å². The number of carbonyl (C=O) groups excluding carboxylic acids is 2. The molecule has 6 rings (SSSR count). The maximum absolute atomic E-state index is 14.3. The smallest absolute Gasteiger partial charge is 0.385 e. The highest BCUT2D eigenvalue weighted by Gasteiger charge is 2.68. The summed E-state index contributed by atoms with van der Waals surface area (Å²) in [5.41, 5.74) is 1.29. The number of hydrogen-bond acceptors (Lipinski definition) is 5. The Balaban J connectivity index is 1.53. The van der Waals surface area contributed by atoms with Gasteiger partial charge in [-0.15, -0.1) is 9.13 Å². The van der Waals surface area contributed by atoms with Crippen LogP contribution in [0, 0.1) is 0 Å². The zero-order valence-corrected chi connectivity index (χ0v) is 19.2. The first-order valence-corrected chi connectivity index (χ1v) is 11.9. The van der Waals surface area contributed by atoms with Crippen LogP contribution in [0.25, 0.3) is 0 Å². The van der Waals surface area contributed by atoms with Crippen molar-refractivity contribution in [2.45, 2.75) is 50.1 Å². The molecule has 0 atom stereocenters. The Bertz CT molecular complexity index is 1250. The van der Waals surface area contributed by atoms with E-state index in [4.69, 9.17) is 4.74 Å². The Kier molecular flexibility index (Phi) is 5.03. The molecule has 2 aromatic heterocycles. The zero-order chi connectivity index (χ0) is 24.2. The van der Waals surface area contributed by atoms with E-state index >= 15 is 0 Å². The van der Waals surface area contributed by atoms with Gasteiger partial charge in [0, 0.05) is 24.3 Å². The molecule has 0 saturated heterocycles.